The number of hydrogen-bond donors (Lipinski definition) is 1. The molecule has 5 heteroatoms. The second-order valence-corrected chi connectivity index (χ2v) is 8.98. The van der Waals surface area contributed by atoms with Gasteiger partial charge in [0.2, 0.25) is 0 Å². The fourth-order valence-corrected chi connectivity index (χ4v) is 2.78. The van der Waals surface area contributed by atoms with Crippen molar-refractivity contribution in [3.8, 4) is 5.75 Å². The summed E-state index contributed by atoms with van der Waals surface area (Å²) in [6.45, 7) is 1.91. The monoisotopic (exact) mass is 375 g/mol. The number of benzene rings is 1. The van der Waals surface area contributed by atoms with Gasteiger partial charge < -0.3 is 5.11 Å². The van der Waals surface area contributed by atoms with Crippen molar-refractivity contribution in [3.05, 3.63) is 29.3 Å². The van der Waals surface area contributed by atoms with Crippen LogP contribution in [0.2, 0.25) is 0 Å². The number of para-hydroxylation sites is 1. The Kier molecular flexibility index (Phi) is 5.93. The quantitative estimate of drug-likeness (QED) is 0.766. The molecule has 0 saturated heterocycles. The van der Waals surface area contributed by atoms with Gasteiger partial charge in [0, 0.05) is 11.8 Å². The molecule has 2 fully saturated rings. The molecule has 0 aromatic heterocycles. The molecule has 0 aliphatic heterocycles. The van der Waals surface area contributed by atoms with Crippen molar-refractivity contribution in [2.45, 2.75) is 32.2 Å². The Bertz CT molecular complexity index is 457. The van der Waals surface area contributed by atoms with Gasteiger partial charge in [-0.2, -0.15) is 0 Å². The zero-order valence-corrected chi connectivity index (χ0v) is 14.8. The average Bonchev–Trinajstić information content (AvgIpc) is 3.00. The van der Waals surface area contributed by atoms with E-state index in [4.69, 9.17) is 17.0 Å². The molecule has 0 radical (unpaired) electrons. The molecular formula is C14H17Cl2NOZr. The van der Waals surface area contributed by atoms with Gasteiger partial charge in [-0.3, -0.25) is 4.99 Å². The number of rotatable bonds is 2. The second-order valence-electron chi connectivity index (χ2n) is 5.24. The molecule has 2 saturated carbocycles. The molecule has 2 aliphatic rings. The van der Waals surface area contributed by atoms with Crippen molar-refractivity contribution in [2.75, 3.05) is 0 Å². The molecule has 0 heterocycles. The number of nitrogens with zero attached hydrogens (tertiary/aromatic N) is 1. The first-order valence-corrected chi connectivity index (χ1v) is 12.8. The predicted octanol–water partition coefficient (Wildman–Crippen LogP) is 4.29. The van der Waals surface area contributed by atoms with Crippen LogP contribution in [0.25, 0.3) is 0 Å². The normalized spacial score (nSPS) is 27.6. The standard InChI is InChI=1S/C14H17NO.2ClH.Zr/c1-9-3-2-4-10(14(9)16)8-15-13-6-11-5-12(11)7-13;;;/h2-4,8,11-13,16H,5-7H2,1H3;2*1H;/q;;;+2/p-2. The Morgan fingerprint density at radius 3 is 2.53 bits per heavy atom. The number of aliphatic imine (C=N–C) groups is 1. The van der Waals surface area contributed by atoms with Crippen molar-refractivity contribution in [2.24, 2.45) is 16.8 Å². The van der Waals surface area contributed by atoms with Crippen molar-refractivity contribution < 1.29 is 26.0 Å². The van der Waals surface area contributed by atoms with Gasteiger partial charge in [-0.25, -0.2) is 0 Å². The van der Waals surface area contributed by atoms with Crippen molar-refractivity contribution in [3.63, 3.8) is 0 Å². The van der Waals surface area contributed by atoms with Crippen LogP contribution in [0.5, 0.6) is 5.75 Å². The van der Waals surface area contributed by atoms with Gasteiger partial charge in [0.15, 0.2) is 0 Å². The van der Waals surface area contributed by atoms with Crippen LogP contribution in [0.1, 0.15) is 30.4 Å². The zero-order chi connectivity index (χ0) is 13.8. The maximum atomic E-state index is 9.84. The first-order valence-electron chi connectivity index (χ1n) is 6.43. The predicted molar refractivity (Wildman–Crippen MR) is 76.8 cm³/mol. The Morgan fingerprint density at radius 2 is 1.89 bits per heavy atom. The van der Waals surface area contributed by atoms with Gasteiger partial charge in [-0.1, -0.05) is 12.1 Å². The number of hydrogen-bond acceptors (Lipinski definition) is 2. The minimum absolute atomic E-state index is 0.370. The summed E-state index contributed by atoms with van der Waals surface area (Å²) in [7, 11) is 9.87. The van der Waals surface area contributed by atoms with Crippen molar-refractivity contribution in [1.29, 1.82) is 0 Å². The third-order valence-corrected chi connectivity index (χ3v) is 3.91. The summed E-state index contributed by atoms with van der Waals surface area (Å²) in [5, 5.41) is 9.84. The molecule has 0 amide bonds. The third-order valence-electron chi connectivity index (χ3n) is 3.91. The molecule has 2 nitrogen and oxygen atoms in total. The van der Waals surface area contributed by atoms with E-state index < -0.39 is 20.8 Å². The summed E-state index contributed by atoms with van der Waals surface area (Å²) in [6, 6.07) is 6.30. The fraction of sp³-hybridized carbons (Fsp3) is 0.500. The molecule has 102 valence electrons. The van der Waals surface area contributed by atoms with Crippen LogP contribution in [-0.4, -0.2) is 17.4 Å². The van der Waals surface area contributed by atoms with E-state index in [1.165, 1.54) is 19.3 Å². The summed E-state index contributed by atoms with van der Waals surface area (Å²) in [6.07, 6.45) is 5.79. The van der Waals surface area contributed by atoms with Crippen molar-refractivity contribution in [1.82, 2.24) is 0 Å². The number of halogens is 2. The van der Waals surface area contributed by atoms with Gasteiger partial charge in [-0.15, -0.1) is 0 Å². The van der Waals surface area contributed by atoms with E-state index in [1.54, 1.807) is 0 Å². The Labute approximate surface area is 132 Å². The SMILES string of the molecule is Cc1cccc(C=NC2CC3CC3C2)c1O.[Cl][Zr][Cl]. The molecular weight excluding hydrogens is 360 g/mol. The van der Waals surface area contributed by atoms with Crippen LogP contribution in [0.3, 0.4) is 0 Å². The fourth-order valence-electron chi connectivity index (χ4n) is 2.78. The van der Waals surface area contributed by atoms with Gasteiger partial charge in [0.05, 0.1) is 6.04 Å². The summed E-state index contributed by atoms with van der Waals surface area (Å²) in [5.74, 6) is 2.30. The molecule has 1 aromatic rings. The van der Waals surface area contributed by atoms with Gasteiger partial charge in [0.1, 0.15) is 5.75 Å². The van der Waals surface area contributed by atoms with Gasteiger partial charge in [0.25, 0.3) is 0 Å². The maximum absolute atomic E-state index is 9.84. The van der Waals surface area contributed by atoms with Crippen LogP contribution in [-0.2, 0) is 20.8 Å². The van der Waals surface area contributed by atoms with Crippen LogP contribution in [0.4, 0.5) is 0 Å². The second kappa shape index (κ2) is 7.24. The van der Waals surface area contributed by atoms with E-state index in [2.05, 4.69) is 4.99 Å². The number of aromatic hydroxyl groups is 1. The minimum atomic E-state index is -0.826. The molecule has 0 bridgehead atoms. The van der Waals surface area contributed by atoms with Crippen LogP contribution < -0.4 is 0 Å². The molecule has 19 heavy (non-hydrogen) atoms. The average molecular weight is 377 g/mol. The van der Waals surface area contributed by atoms with Crippen molar-refractivity contribution >= 4 is 23.2 Å². The van der Waals surface area contributed by atoms with E-state index >= 15 is 0 Å². The number of phenols is 1. The summed E-state index contributed by atoms with van der Waals surface area (Å²) >= 11 is -0.826. The molecule has 2 atom stereocenters. The van der Waals surface area contributed by atoms with E-state index in [1.807, 2.05) is 31.3 Å². The summed E-state index contributed by atoms with van der Waals surface area (Å²) < 4.78 is 0. The molecule has 2 aliphatic carbocycles. The first kappa shape index (κ1) is 15.5. The number of phenolic OH excluding ortho intramolecular Hbond substituents is 1. The van der Waals surface area contributed by atoms with E-state index in [0.717, 1.165) is 23.0 Å². The molecule has 1 aromatic carbocycles. The van der Waals surface area contributed by atoms with E-state index in [9.17, 15) is 5.11 Å². The Hall–Kier alpha value is 0.153. The van der Waals surface area contributed by atoms with Gasteiger partial charge in [-0.05, 0) is 49.7 Å². The third kappa shape index (κ3) is 4.31. The summed E-state index contributed by atoms with van der Waals surface area (Å²) in [5.41, 5.74) is 1.76. The first-order chi connectivity index (χ1) is 9.15. The van der Waals surface area contributed by atoms with E-state index in [-0.39, 0.29) is 0 Å². The van der Waals surface area contributed by atoms with E-state index in [0.29, 0.717) is 11.8 Å². The van der Waals surface area contributed by atoms with Gasteiger partial charge >= 0.3 is 37.9 Å². The molecule has 1 N–H and O–H groups in total. The van der Waals surface area contributed by atoms with Crippen LogP contribution >= 0.6 is 17.0 Å². The Balaban J connectivity index is 0.000000408. The topological polar surface area (TPSA) is 32.6 Å². The Morgan fingerprint density at radius 1 is 1.26 bits per heavy atom. The summed E-state index contributed by atoms with van der Waals surface area (Å²) in [4.78, 5) is 4.59. The van der Waals surface area contributed by atoms with Crippen LogP contribution in [0, 0.1) is 18.8 Å². The van der Waals surface area contributed by atoms with Crippen LogP contribution in [0.15, 0.2) is 23.2 Å². The number of aryl methyl sites for hydroxylation is 1. The zero-order valence-electron chi connectivity index (χ0n) is 10.8. The molecule has 0 spiro atoms. The number of fused-ring (bicyclic) bond motifs is 1. The molecule has 3 rings (SSSR count). The molecule has 2 unspecified atom stereocenters.